The molecule has 1 aromatic heterocycles. The Hall–Kier alpha value is -2.11. The lowest BCUT2D eigenvalue weighted by molar-refractivity contribution is 0.146. The third-order valence-electron chi connectivity index (χ3n) is 2.95. The number of pyridine rings is 1. The lowest BCUT2D eigenvalue weighted by atomic mass is 10.1. The Morgan fingerprint density at radius 2 is 1.79 bits per heavy atom. The van der Waals surface area contributed by atoms with Crippen molar-refractivity contribution in [1.29, 1.82) is 0 Å². The summed E-state index contributed by atoms with van der Waals surface area (Å²) >= 11 is 0. The van der Waals surface area contributed by atoms with Gasteiger partial charge in [0.25, 0.3) is 6.43 Å². The van der Waals surface area contributed by atoms with Gasteiger partial charge >= 0.3 is 0 Å². The van der Waals surface area contributed by atoms with Crippen molar-refractivity contribution in [2.45, 2.75) is 12.8 Å². The molecule has 0 saturated carbocycles. The van der Waals surface area contributed by atoms with Gasteiger partial charge in [-0.05, 0) is 12.1 Å². The number of nitrogens with two attached hydrogens (primary N) is 1. The van der Waals surface area contributed by atoms with Gasteiger partial charge in [-0.1, -0.05) is 0 Å². The van der Waals surface area contributed by atoms with Crippen LogP contribution in [0.3, 0.4) is 0 Å². The smallest absolute Gasteiger partial charge is 0.280 e. The fourth-order valence-electron chi connectivity index (χ4n) is 2.04. The monoisotopic (exact) mass is 266 g/mol. The topological polar surface area (TPSA) is 57.4 Å². The second kappa shape index (κ2) is 4.53. The summed E-state index contributed by atoms with van der Waals surface area (Å²) in [5.41, 5.74) is 6.11. The average Bonchev–Trinajstić information content (AvgIpc) is 2.61. The third kappa shape index (κ3) is 2.14. The molecule has 2 heterocycles. The summed E-state index contributed by atoms with van der Waals surface area (Å²) in [7, 11) is 0. The number of hydrogen-bond donors (Lipinski definition) is 1. The number of nitrogen functional groups attached to an aromatic ring is 1. The summed E-state index contributed by atoms with van der Waals surface area (Å²) in [6.07, 6.45) is -1.88. The van der Waals surface area contributed by atoms with E-state index in [1.165, 1.54) is 6.07 Å². The minimum Gasteiger partial charge on any atom is -0.490 e. The molecular weight excluding hydrogens is 254 g/mol. The van der Waals surface area contributed by atoms with Crippen molar-refractivity contribution in [3.63, 3.8) is 0 Å². The maximum absolute atomic E-state index is 12.7. The molecule has 1 aliphatic heterocycles. The Morgan fingerprint density at radius 1 is 1.11 bits per heavy atom. The molecule has 19 heavy (non-hydrogen) atoms. The molecule has 0 amide bonds. The minimum atomic E-state index is -2.65. The second-order valence-electron chi connectivity index (χ2n) is 4.30. The Morgan fingerprint density at radius 3 is 2.47 bits per heavy atom. The molecule has 1 aromatic carbocycles. The van der Waals surface area contributed by atoms with E-state index in [9.17, 15) is 8.78 Å². The molecule has 0 fully saturated rings. The maximum Gasteiger partial charge on any atom is 0.280 e. The van der Waals surface area contributed by atoms with Crippen LogP contribution in [0.1, 0.15) is 18.5 Å². The molecule has 0 aliphatic carbocycles. The van der Waals surface area contributed by atoms with E-state index in [-0.39, 0.29) is 11.4 Å². The van der Waals surface area contributed by atoms with Crippen LogP contribution in [0.25, 0.3) is 10.9 Å². The normalized spacial score (nSPS) is 14.7. The van der Waals surface area contributed by atoms with Gasteiger partial charge in [-0.15, -0.1) is 0 Å². The van der Waals surface area contributed by atoms with Crippen molar-refractivity contribution in [2.75, 3.05) is 18.9 Å². The van der Waals surface area contributed by atoms with Crippen molar-refractivity contribution in [1.82, 2.24) is 4.98 Å². The number of benzene rings is 1. The van der Waals surface area contributed by atoms with Crippen LogP contribution < -0.4 is 15.2 Å². The first kappa shape index (κ1) is 12.0. The highest BCUT2D eigenvalue weighted by Gasteiger charge is 2.16. The van der Waals surface area contributed by atoms with Crippen LogP contribution in [-0.4, -0.2) is 18.2 Å². The summed E-state index contributed by atoms with van der Waals surface area (Å²) in [4.78, 5) is 3.91. The first-order valence-corrected chi connectivity index (χ1v) is 5.93. The molecule has 0 spiro atoms. The van der Waals surface area contributed by atoms with Crippen molar-refractivity contribution in [3.8, 4) is 11.5 Å². The van der Waals surface area contributed by atoms with Crippen molar-refractivity contribution in [2.24, 2.45) is 0 Å². The highest BCUT2D eigenvalue weighted by molar-refractivity contribution is 5.92. The number of ether oxygens (including phenoxy) is 2. The van der Waals surface area contributed by atoms with E-state index in [0.717, 1.165) is 6.42 Å². The molecule has 0 radical (unpaired) electrons. The average molecular weight is 266 g/mol. The van der Waals surface area contributed by atoms with Crippen molar-refractivity contribution >= 4 is 16.6 Å². The Labute approximate surface area is 108 Å². The number of fused-ring (bicyclic) bond motifs is 2. The zero-order chi connectivity index (χ0) is 13.4. The largest absolute Gasteiger partial charge is 0.490 e. The van der Waals surface area contributed by atoms with Gasteiger partial charge in [-0.2, -0.15) is 0 Å². The third-order valence-corrected chi connectivity index (χ3v) is 2.95. The summed E-state index contributed by atoms with van der Waals surface area (Å²) in [5, 5.41) is 0.591. The van der Waals surface area contributed by atoms with Crippen LogP contribution in [0.4, 0.5) is 14.5 Å². The van der Waals surface area contributed by atoms with E-state index in [0.29, 0.717) is 35.6 Å². The molecule has 3 rings (SSSR count). The van der Waals surface area contributed by atoms with Crippen molar-refractivity contribution in [3.05, 3.63) is 23.9 Å². The van der Waals surface area contributed by atoms with Crippen LogP contribution in [-0.2, 0) is 0 Å². The number of halogens is 2. The Bertz CT molecular complexity index is 632. The van der Waals surface area contributed by atoms with Gasteiger partial charge in [0.2, 0.25) is 0 Å². The predicted octanol–water partition coefficient (Wildman–Crippen LogP) is 2.92. The number of aromatic nitrogens is 1. The molecule has 1 aliphatic rings. The highest BCUT2D eigenvalue weighted by Crippen LogP contribution is 2.36. The first-order valence-electron chi connectivity index (χ1n) is 5.93. The maximum atomic E-state index is 12.7. The van der Waals surface area contributed by atoms with E-state index in [1.807, 2.05) is 0 Å². The van der Waals surface area contributed by atoms with Crippen LogP contribution in [0.5, 0.6) is 11.5 Å². The van der Waals surface area contributed by atoms with Gasteiger partial charge in [0.15, 0.2) is 11.5 Å². The molecular formula is C13H12F2N2O2. The number of nitrogens with zero attached hydrogens (tertiary/aromatic N) is 1. The van der Waals surface area contributed by atoms with Gasteiger partial charge in [-0.3, -0.25) is 0 Å². The quantitative estimate of drug-likeness (QED) is 0.862. The fraction of sp³-hybridized carbons (Fsp3) is 0.308. The van der Waals surface area contributed by atoms with E-state index in [2.05, 4.69) is 4.98 Å². The predicted molar refractivity (Wildman–Crippen MR) is 66.7 cm³/mol. The fourth-order valence-corrected chi connectivity index (χ4v) is 2.04. The summed E-state index contributed by atoms with van der Waals surface area (Å²) < 4.78 is 36.4. The number of hydrogen-bond acceptors (Lipinski definition) is 4. The zero-order valence-corrected chi connectivity index (χ0v) is 10.0. The SMILES string of the molecule is Nc1cc(C(F)F)nc2cc3c(cc12)OCCCO3. The zero-order valence-electron chi connectivity index (χ0n) is 10.0. The Kier molecular flexibility index (Phi) is 2.85. The molecule has 2 aromatic rings. The number of rotatable bonds is 1. The Balaban J connectivity index is 2.20. The molecule has 6 heteroatoms. The van der Waals surface area contributed by atoms with E-state index in [4.69, 9.17) is 15.2 Å². The summed E-state index contributed by atoms with van der Waals surface area (Å²) in [5.74, 6) is 1.09. The first-order chi connectivity index (χ1) is 9.15. The van der Waals surface area contributed by atoms with Gasteiger partial charge < -0.3 is 15.2 Å². The molecule has 2 N–H and O–H groups in total. The van der Waals surface area contributed by atoms with Crippen LogP contribution in [0.15, 0.2) is 18.2 Å². The van der Waals surface area contributed by atoms with Crippen LogP contribution in [0.2, 0.25) is 0 Å². The summed E-state index contributed by atoms with van der Waals surface area (Å²) in [6.45, 7) is 1.09. The highest BCUT2D eigenvalue weighted by atomic mass is 19.3. The number of anilines is 1. The molecule has 0 unspecified atom stereocenters. The van der Waals surface area contributed by atoms with Gasteiger partial charge in [0.05, 0.1) is 18.7 Å². The lowest BCUT2D eigenvalue weighted by Gasteiger charge is -2.11. The molecule has 0 atom stereocenters. The van der Waals surface area contributed by atoms with E-state index >= 15 is 0 Å². The molecule has 0 bridgehead atoms. The van der Waals surface area contributed by atoms with Crippen molar-refractivity contribution < 1.29 is 18.3 Å². The molecule has 100 valence electrons. The molecule has 0 saturated heterocycles. The lowest BCUT2D eigenvalue weighted by Crippen LogP contribution is -1.98. The van der Waals surface area contributed by atoms with Crippen LogP contribution >= 0.6 is 0 Å². The van der Waals surface area contributed by atoms with E-state index < -0.39 is 6.43 Å². The van der Waals surface area contributed by atoms with Crippen LogP contribution in [0, 0.1) is 0 Å². The standard InChI is InChI=1S/C13H12F2N2O2/c14-13(15)10-5-8(16)7-4-11-12(6-9(7)17-10)19-3-1-2-18-11/h4-6,13H,1-3H2,(H2,16,17). The van der Waals surface area contributed by atoms with Gasteiger partial charge in [0.1, 0.15) is 5.69 Å². The molecule has 4 nitrogen and oxygen atoms in total. The van der Waals surface area contributed by atoms with Gasteiger partial charge in [0, 0.05) is 23.6 Å². The second-order valence-corrected chi connectivity index (χ2v) is 4.30. The van der Waals surface area contributed by atoms with E-state index in [1.54, 1.807) is 12.1 Å². The van der Waals surface area contributed by atoms with Gasteiger partial charge in [-0.25, -0.2) is 13.8 Å². The summed E-state index contributed by atoms with van der Waals surface area (Å²) in [6, 6.07) is 4.47. The minimum absolute atomic E-state index is 0.260. The number of alkyl halides is 2.